The zero-order valence-corrected chi connectivity index (χ0v) is 14.4. The molecule has 0 spiro atoms. The van der Waals surface area contributed by atoms with Crippen molar-refractivity contribution in [2.24, 2.45) is 5.92 Å². The first-order chi connectivity index (χ1) is 12.5. The molecular formula is C16H23N5O5. The minimum absolute atomic E-state index is 0.152. The molecule has 142 valence electrons. The summed E-state index contributed by atoms with van der Waals surface area (Å²) in [5.74, 6) is 1.09. The molecule has 26 heavy (non-hydrogen) atoms. The number of ether oxygens (including phenoxy) is 1. The third kappa shape index (κ3) is 2.69. The maximum atomic E-state index is 12.2. The van der Waals surface area contributed by atoms with Crippen LogP contribution in [-0.2, 0) is 4.74 Å². The molecule has 4 N–H and O–H groups in total. The van der Waals surface area contributed by atoms with Gasteiger partial charge >= 0.3 is 0 Å². The lowest BCUT2D eigenvalue weighted by Gasteiger charge is -2.32. The molecule has 4 rings (SSSR count). The Balaban J connectivity index is 1.83. The highest BCUT2D eigenvalue weighted by Crippen LogP contribution is 2.35. The van der Waals surface area contributed by atoms with Crippen molar-refractivity contribution in [3.63, 3.8) is 0 Å². The van der Waals surface area contributed by atoms with E-state index in [2.05, 4.69) is 21.9 Å². The number of aliphatic hydroxyl groups excluding tert-OH is 3. The van der Waals surface area contributed by atoms with Crippen LogP contribution in [0.3, 0.4) is 0 Å². The van der Waals surface area contributed by atoms with E-state index in [4.69, 9.17) is 4.74 Å². The minimum atomic E-state index is -1.27. The first-order valence-corrected chi connectivity index (χ1v) is 8.84. The maximum Gasteiger partial charge on any atom is 0.278 e. The molecule has 2 fully saturated rings. The second kappa shape index (κ2) is 6.62. The Labute approximate surface area is 149 Å². The number of piperidine rings is 1. The molecule has 4 atom stereocenters. The van der Waals surface area contributed by atoms with Crippen molar-refractivity contribution in [2.45, 2.75) is 44.3 Å². The van der Waals surface area contributed by atoms with Crippen LogP contribution < -0.4 is 10.5 Å². The van der Waals surface area contributed by atoms with Gasteiger partial charge in [-0.2, -0.15) is 0 Å². The third-order valence-corrected chi connectivity index (χ3v) is 5.30. The number of H-pyrrole nitrogens is 1. The standard InChI is InChI=1S/C16H23N5O5/c1-8-2-4-20(5-3-8)16-19-10-13(17-7-18-14(10)25)21(16)15-12(24)11(23)9(6-22)26-15/h7-9,11-12,15,22-24H,2-6H2,1H3,(H,17,18,25)/t9-,11+,12+,15-/m1/s1. The second-order valence-electron chi connectivity index (χ2n) is 7.08. The third-order valence-electron chi connectivity index (χ3n) is 5.30. The van der Waals surface area contributed by atoms with Crippen molar-refractivity contribution in [1.29, 1.82) is 0 Å². The molecule has 4 heterocycles. The highest BCUT2D eigenvalue weighted by molar-refractivity contribution is 5.73. The van der Waals surface area contributed by atoms with Crippen LogP contribution in [0.1, 0.15) is 26.0 Å². The predicted molar refractivity (Wildman–Crippen MR) is 91.8 cm³/mol. The van der Waals surface area contributed by atoms with E-state index < -0.39 is 31.1 Å². The lowest BCUT2D eigenvalue weighted by Crippen LogP contribution is -2.37. The normalized spacial score (nSPS) is 30.4. The van der Waals surface area contributed by atoms with Gasteiger partial charge in [-0.1, -0.05) is 6.92 Å². The van der Waals surface area contributed by atoms with Crippen LogP contribution in [0.4, 0.5) is 5.95 Å². The number of hydrogen-bond donors (Lipinski definition) is 4. The highest BCUT2D eigenvalue weighted by Gasteiger charge is 2.45. The number of nitrogens with zero attached hydrogens (tertiary/aromatic N) is 4. The van der Waals surface area contributed by atoms with E-state index in [1.807, 2.05) is 4.90 Å². The van der Waals surface area contributed by atoms with Gasteiger partial charge in [-0.25, -0.2) is 9.97 Å². The molecule has 2 aliphatic heterocycles. The average molecular weight is 365 g/mol. The Hall–Kier alpha value is -2.01. The fraction of sp³-hybridized carbons (Fsp3) is 0.688. The summed E-state index contributed by atoms with van der Waals surface area (Å²) < 4.78 is 7.23. The number of aliphatic hydroxyl groups is 3. The van der Waals surface area contributed by atoms with Crippen LogP contribution in [-0.4, -0.2) is 72.8 Å². The van der Waals surface area contributed by atoms with Crippen molar-refractivity contribution in [3.8, 4) is 0 Å². The molecule has 2 aromatic rings. The molecule has 10 nitrogen and oxygen atoms in total. The Morgan fingerprint density at radius 3 is 2.69 bits per heavy atom. The number of rotatable bonds is 3. The number of hydrogen-bond acceptors (Lipinski definition) is 8. The summed E-state index contributed by atoms with van der Waals surface area (Å²) in [5, 5.41) is 29.9. The van der Waals surface area contributed by atoms with Crippen molar-refractivity contribution < 1.29 is 20.1 Å². The molecule has 2 saturated heterocycles. The molecule has 2 aliphatic rings. The predicted octanol–water partition coefficient (Wildman–Crippen LogP) is -1.03. The summed E-state index contributed by atoms with van der Waals surface area (Å²) in [7, 11) is 0. The molecule has 0 aliphatic carbocycles. The Kier molecular flexibility index (Phi) is 4.43. The summed E-state index contributed by atoms with van der Waals surface area (Å²) >= 11 is 0. The SMILES string of the molecule is CC1CCN(c2nc3c(=O)[nH]cnc3n2[C@@H]2O[C@H](CO)[C@H](O)[C@@H]2O)CC1. The number of aromatic amines is 1. The van der Waals surface area contributed by atoms with Crippen LogP contribution in [0.25, 0.3) is 11.2 Å². The van der Waals surface area contributed by atoms with Crippen molar-refractivity contribution in [1.82, 2.24) is 19.5 Å². The fourth-order valence-electron chi connectivity index (χ4n) is 3.67. The van der Waals surface area contributed by atoms with Gasteiger partial charge in [-0.05, 0) is 18.8 Å². The van der Waals surface area contributed by atoms with E-state index >= 15 is 0 Å². The molecule has 0 bridgehead atoms. The van der Waals surface area contributed by atoms with Crippen LogP contribution in [0.5, 0.6) is 0 Å². The smallest absolute Gasteiger partial charge is 0.278 e. The van der Waals surface area contributed by atoms with Gasteiger partial charge in [-0.3, -0.25) is 9.36 Å². The van der Waals surface area contributed by atoms with Gasteiger partial charge < -0.3 is 29.9 Å². The monoisotopic (exact) mass is 365 g/mol. The second-order valence-corrected chi connectivity index (χ2v) is 7.08. The Bertz CT molecular complexity index is 843. The van der Waals surface area contributed by atoms with Crippen LogP contribution in [0, 0.1) is 5.92 Å². The molecule has 0 unspecified atom stereocenters. The van der Waals surface area contributed by atoms with E-state index in [0.717, 1.165) is 25.9 Å². The highest BCUT2D eigenvalue weighted by atomic mass is 16.6. The van der Waals surface area contributed by atoms with E-state index in [1.165, 1.54) is 6.33 Å². The van der Waals surface area contributed by atoms with Gasteiger partial charge in [0, 0.05) is 13.1 Å². The number of imidazole rings is 1. The zero-order valence-electron chi connectivity index (χ0n) is 14.4. The van der Waals surface area contributed by atoms with Crippen LogP contribution in [0.15, 0.2) is 11.1 Å². The number of aromatic nitrogens is 4. The van der Waals surface area contributed by atoms with E-state index in [1.54, 1.807) is 4.57 Å². The van der Waals surface area contributed by atoms with Crippen LogP contribution >= 0.6 is 0 Å². The first-order valence-electron chi connectivity index (χ1n) is 8.84. The van der Waals surface area contributed by atoms with Crippen molar-refractivity contribution in [3.05, 3.63) is 16.7 Å². The summed E-state index contributed by atoms with van der Waals surface area (Å²) in [6.45, 7) is 3.29. The molecule has 10 heteroatoms. The summed E-state index contributed by atoms with van der Waals surface area (Å²) in [4.78, 5) is 25.4. The van der Waals surface area contributed by atoms with Gasteiger partial charge in [-0.15, -0.1) is 0 Å². The Morgan fingerprint density at radius 2 is 2.04 bits per heavy atom. The molecule has 0 aromatic carbocycles. The summed E-state index contributed by atoms with van der Waals surface area (Å²) in [6.07, 6.45) is -1.16. The van der Waals surface area contributed by atoms with Gasteiger partial charge in [0.25, 0.3) is 5.56 Å². The zero-order chi connectivity index (χ0) is 18.4. The number of anilines is 1. The minimum Gasteiger partial charge on any atom is -0.394 e. The lowest BCUT2D eigenvalue weighted by molar-refractivity contribution is -0.0505. The van der Waals surface area contributed by atoms with E-state index in [-0.39, 0.29) is 16.7 Å². The van der Waals surface area contributed by atoms with Crippen molar-refractivity contribution >= 4 is 17.1 Å². The van der Waals surface area contributed by atoms with Gasteiger partial charge in [0.2, 0.25) is 5.95 Å². The Morgan fingerprint density at radius 1 is 1.31 bits per heavy atom. The van der Waals surface area contributed by atoms with E-state index in [9.17, 15) is 20.1 Å². The van der Waals surface area contributed by atoms with Crippen LogP contribution in [0.2, 0.25) is 0 Å². The number of nitrogens with one attached hydrogen (secondary N) is 1. The molecule has 2 aromatic heterocycles. The molecule has 0 saturated carbocycles. The first kappa shape index (κ1) is 17.4. The summed E-state index contributed by atoms with van der Waals surface area (Å²) in [6, 6.07) is 0. The average Bonchev–Trinajstić information content (AvgIpc) is 3.15. The molecule has 0 radical (unpaired) electrons. The topological polar surface area (TPSA) is 137 Å². The van der Waals surface area contributed by atoms with E-state index in [0.29, 0.717) is 11.9 Å². The fourth-order valence-corrected chi connectivity index (χ4v) is 3.67. The maximum absolute atomic E-state index is 12.2. The van der Waals surface area contributed by atoms with Gasteiger partial charge in [0.05, 0.1) is 12.9 Å². The number of fused-ring (bicyclic) bond motifs is 1. The molecule has 0 amide bonds. The lowest BCUT2D eigenvalue weighted by atomic mass is 10.00. The van der Waals surface area contributed by atoms with Gasteiger partial charge in [0.1, 0.15) is 18.3 Å². The molecular weight excluding hydrogens is 342 g/mol. The van der Waals surface area contributed by atoms with Gasteiger partial charge in [0.15, 0.2) is 17.4 Å². The largest absolute Gasteiger partial charge is 0.394 e. The quantitative estimate of drug-likeness (QED) is 0.542. The summed E-state index contributed by atoms with van der Waals surface area (Å²) in [5.41, 5.74) is 0.0446. The van der Waals surface area contributed by atoms with Crippen molar-refractivity contribution in [2.75, 3.05) is 24.6 Å².